The zero-order valence-corrected chi connectivity index (χ0v) is 5.98. The Labute approximate surface area is 62.0 Å². The smallest absolute Gasteiger partial charge is 0.389 e. The van der Waals surface area contributed by atoms with Gasteiger partial charge in [-0.05, 0) is 6.42 Å². The van der Waals surface area contributed by atoms with E-state index in [0.29, 0.717) is 0 Å². The van der Waals surface area contributed by atoms with Crippen molar-refractivity contribution in [2.75, 3.05) is 0 Å². The number of halogens is 3. The molecule has 5 heteroatoms. The molecule has 66 valence electrons. The number of hydrogen-bond donors (Lipinski definition) is 1. The minimum absolute atomic E-state index is 0.00877. The summed E-state index contributed by atoms with van der Waals surface area (Å²) in [6, 6.07) is 0. The number of alkyl halides is 3. The molecule has 0 aromatic heterocycles. The summed E-state index contributed by atoms with van der Waals surface area (Å²) in [6.07, 6.45) is -5.60. The minimum atomic E-state index is -4.38. The fourth-order valence-electron chi connectivity index (χ4n) is 0.686. The van der Waals surface area contributed by atoms with Gasteiger partial charge in [-0.25, -0.2) is 0 Å². The Balaban J connectivity index is 3.99. The highest BCUT2D eigenvalue weighted by molar-refractivity contribution is 5.69. The first-order valence-electron chi connectivity index (χ1n) is 3.16. The standard InChI is InChI=1S/C6H9F3O2/c1-2-4(5(10)11)3-6(7,8)9/h4H,2-3H2,1H3,(H,10,11)/t4-/m0/s1. The van der Waals surface area contributed by atoms with Crippen LogP contribution in [0.3, 0.4) is 0 Å². The lowest BCUT2D eigenvalue weighted by atomic mass is 10.0. The van der Waals surface area contributed by atoms with Gasteiger partial charge in [0.1, 0.15) is 0 Å². The van der Waals surface area contributed by atoms with Crippen LogP contribution in [0.25, 0.3) is 0 Å². The third-order valence-corrected chi connectivity index (χ3v) is 1.32. The molecule has 11 heavy (non-hydrogen) atoms. The highest BCUT2D eigenvalue weighted by atomic mass is 19.4. The van der Waals surface area contributed by atoms with Crippen molar-refractivity contribution in [2.24, 2.45) is 5.92 Å². The van der Waals surface area contributed by atoms with Crippen molar-refractivity contribution < 1.29 is 23.1 Å². The molecule has 1 atom stereocenters. The van der Waals surface area contributed by atoms with E-state index in [1.807, 2.05) is 0 Å². The van der Waals surface area contributed by atoms with E-state index < -0.39 is 24.5 Å². The van der Waals surface area contributed by atoms with Crippen LogP contribution >= 0.6 is 0 Å². The summed E-state index contributed by atoms with van der Waals surface area (Å²) in [4.78, 5) is 10.1. The van der Waals surface area contributed by atoms with Gasteiger partial charge in [0.25, 0.3) is 0 Å². The van der Waals surface area contributed by atoms with Crippen molar-refractivity contribution in [2.45, 2.75) is 25.9 Å². The van der Waals surface area contributed by atoms with E-state index in [0.717, 1.165) is 0 Å². The fourth-order valence-corrected chi connectivity index (χ4v) is 0.686. The lowest BCUT2D eigenvalue weighted by Gasteiger charge is -2.11. The second-order valence-electron chi connectivity index (χ2n) is 2.26. The number of carboxylic acids is 1. The Morgan fingerprint density at radius 1 is 1.55 bits per heavy atom. The molecule has 1 N–H and O–H groups in total. The van der Waals surface area contributed by atoms with Crippen LogP contribution in [0.4, 0.5) is 13.2 Å². The number of carboxylic acid groups (broad SMARTS) is 1. The second kappa shape index (κ2) is 3.59. The van der Waals surface area contributed by atoms with Gasteiger partial charge in [-0.1, -0.05) is 6.92 Å². The number of rotatable bonds is 3. The molecular weight excluding hydrogens is 161 g/mol. The van der Waals surface area contributed by atoms with Crippen LogP contribution in [0.15, 0.2) is 0 Å². The van der Waals surface area contributed by atoms with Crippen LogP contribution < -0.4 is 0 Å². The van der Waals surface area contributed by atoms with E-state index in [9.17, 15) is 18.0 Å². The average molecular weight is 170 g/mol. The Hall–Kier alpha value is -0.740. The summed E-state index contributed by atoms with van der Waals surface area (Å²) in [7, 11) is 0. The molecule has 0 rings (SSSR count). The summed E-state index contributed by atoms with van der Waals surface area (Å²) >= 11 is 0. The molecule has 0 aromatic carbocycles. The molecule has 0 radical (unpaired) electrons. The summed E-state index contributed by atoms with van der Waals surface area (Å²) in [5.41, 5.74) is 0. The molecule has 0 aromatic rings. The summed E-state index contributed by atoms with van der Waals surface area (Å²) in [6.45, 7) is 1.42. The number of carbonyl (C=O) groups is 1. The Kier molecular flexibility index (Phi) is 3.35. The summed E-state index contributed by atoms with van der Waals surface area (Å²) in [5.74, 6) is -2.68. The zero-order chi connectivity index (χ0) is 9.07. The van der Waals surface area contributed by atoms with Crippen molar-refractivity contribution in [1.29, 1.82) is 0 Å². The molecule has 0 aliphatic heterocycles. The molecule has 0 aliphatic carbocycles. The van der Waals surface area contributed by atoms with Gasteiger partial charge in [-0.3, -0.25) is 4.79 Å². The lowest BCUT2D eigenvalue weighted by Crippen LogP contribution is -2.21. The topological polar surface area (TPSA) is 37.3 Å². The molecule has 2 nitrogen and oxygen atoms in total. The van der Waals surface area contributed by atoms with Crippen LogP contribution in [0.2, 0.25) is 0 Å². The van der Waals surface area contributed by atoms with Crippen LogP contribution in [-0.2, 0) is 4.79 Å². The largest absolute Gasteiger partial charge is 0.481 e. The van der Waals surface area contributed by atoms with Crippen molar-refractivity contribution in [3.05, 3.63) is 0 Å². The Bertz CT molecular complexity index is 141. The van der Waals surface area contributed by atoms with Crippen LogP contribution in [0, 0.1) is 5.92 Å². The third kappa shape index (κ3) is 4.64. The average Bonchev–Trinajstić information content (AvgIpc) is 1.80. The monoisotopic (exact) mass is 170 g/mol. The molecule has 0 unspecified atom stereocenters. The minimum Gasteiger partial charge on any atom is -0.481 e. The molecule has 0 saturated heterocycles. The molecular formula is C6H9F3O2. The highest BCUT2D eigenvalue weighted by Gasteiger charge is 2.34. The molecule has 0 bridgehead atoms. The van der Waals surface area contributed by atoms with Crippen molar-refractivity contribution in [1.82, 2.24) is 0 Å². The van der Waals surface area contributed by atoms with E-state index in [4.69, 9.17) is 5.11 Å². The number of hydrogen-bond acceptors (Lipinski definition) is 1. The van der Waals surface area contributed by atoms with Gasteiger partial charge in [0.2, 0.25) is 0 Å². The van der Waals surface area contributed by atoms with E-state index in [-0.39, 0.29) is 6.42 Å². The SMILES string of the molecule is CC[C@@H](CC(F)(F)F)C(=O)O. The predicted molar refractivity (Wildman–Crippen MR) is 32.1 cm³/mol. The number of aliphatic carboxylic acids is 1. The Morgan fingerprint density at radius 3 is 2.09 bits per heavy atom. The van der Waals surface area contributed by atoms with Gasteiger partial charge in [0, 0.05) is 0 Å². The highest BCUT2D eigenvalue weighted by Crippen LogP contribution is 2.26. The predicted octanol–water partition coefficient (Wildman–Crippen LogP) is 2.05. The first-order chi connectivity index (χ1) is 4.87. The normalized spacial score (nSPS) is 14.5. The van der Waals surface area contributed by atoms with Gasteiger partial charge >= 0.3 is 12.1 Å². The van der Waals surface area contributed by atoms with E-state index in [2.05, 4.69) is 0 Å². The maximum Gasteiger partial charge on any atom is 0.389 e. The maximum atomic E-state index is 11.6. The first kappa shape index (κ1) is 10.3. The molecule has 0 spiro atoms. The van der Waals surface area contributed by atoms with Crippen molar-refractivity contribution in [3.8, 4) is 0 Å². The lowest BCUT2D eigenvalue weighted by molar-refractivity contribution is -0.163. The van der Waals surface area contributed by atoms with Crippen molar-refractivity contribution >= 4 is 5.97 Å². The second-order valence-corrected chi connectivity index (χ2v) is 2.26. The summed E-state index contributed by atoms with van der Waals surface area (Å²) < 4.78 is 34.8. The Morgan fingerprint density at radius 2 is 2.00 bits per heavy atom. The van der Waals surface area contributed by atoms with Crippen molar-refractivity contribution in [3.63, 3.8) is 0 Å². The van der Waals surface area contributed by atoms with E-state index in [1.54, 1.807) is 0 Å². The molecule has 0 fully saturated rings. The first-order valence-corrected chi connectivity index (χ1v) is 3.16. The van der Waals surface area contributed by atoms with Gasteiger partial charge in [-0.15, -0.1) is 0 Å². The molecule has 0 aliphatic rings. The van der Waals surface area contributed by atoms with Gasteiger partial charge in [-0.2, -0.15) is 13.2 Å². The quantitative estimate of drug-likeness (QED) is 0.703. The maximum absolute atomic E-state index is 11.6. The van der Waals surface area contributed by atoms with Crippen LogP contribution in [-0.4, -0.2) is 17.3 Å². The molecule has 0 saturated carbocycles. The third-order valence-electron chi connectivity index (χ3n) is 1.32. The molecule has 0 heterocycles. The van der Waals surface area contributed by atoms with Crippen LogP contribution in [0.1, 0.15) is 19.8 Å². The fraction of sp³-hybridized carbons (Fsp3) is 0.833. The molecule has 0 amide bonds. The van der Waals surface area contributed by atoms with E-state index in [1.165, 1.54) is 6.92 Å². The van der Waals surface area contributed by atoms with Gasteiger partial charge in [0.15, 0.2) is 0 Å². The zero-order valence-electron chi connectivity index (χ0n) is 5.98. The van der Waals surface area contributed by atoms with Gasteiger partial charge < -0.3 is 5.11 Å². The summed E-state index contributed by atoms with van der Waals surface area (Å²) in [5, 5.41) is 8.24. The van der Waals surface area contributed by atoms with Crippen LogP contribution in [0.5, 0.6) is 0 Å². The van der Waals surface area contributed by atoms with Gasteiger partial charge in [0.05, 0.1) is 12.3 Å². The van der Waals surface area contributed by atoms with E-state index >= 15 is 0 Å².